The van der Waals surface area contributed by atoms with Gasteiger partial charge >= 0.3 is 6.03 Å². The largest absolute Gasteiger partial charge is 0.394 e. The smallest absolute Gasteiger partial charge is 0.318 e. The Morgan fingerprint density at radius 2 is 2.33 bits per heavy atom. The third-order valence-electron chi connectivity index (χ3n) is 2.87. The van der Waals surface area contributed by atoms with E-state index in [9.17, 15) is 4.79 Å². The van der Waals surface area contributed by atoms with Crippen LogP contribution in [0.1, 0.15) is 19.8 Å². The van der Waals surface area contributed by atoms with Crippen molar-refractivity contribution in [3.05, 3.63) is 0 Å². The van der Waals surface area contributed by atoms with Crippen LogP contribution in [0.3, 0.4) is 0 Å². The summed E-state index contributed by atoms with van der Waals surface area (Å²) in [6, 6.07) is 0.443. The number of aliphatic hydroxyl groups excluding tert-OH is 1. The first-order chi connectivity index (χ1) is 7.20. The lowest BCUT2D eigenvalue weighted by atomic mass is 10.2. The molecule has 2 N–H and O–H groups in total. The van der Waals surface area contributed by atoms with Crippen LogP contribution >= 0.6 is 0 Å². The zero-order valence-electron chi connectivity index (χ0n) is 8.98. The molecule has 2 fully saturated rings. The molecule has 86 valence electrons. The number of hydrogen-bond donors (Lipinski definition) is 2. The highest BCUT2D eigenvalue weighted by molar-refractivity contribution is 5.75. The molecule has 0 bridgehead atoms. The van der Waals surface area contributed by atoms with Crippen LogP contribution in [0, 0.1) is 0 Å². The van der Waals surface area contributed by atoms with Crippen molar-refractivity contribution in [2.75, 3.05) is 19.8 Å². The SMILES string of the molecule is CC1COC(CO)CN1C(=O)NC1CC1. The van der Waals surface area contributed by atoms with Crippen molar-refractivity contribution in [3.63, 3.8) is 0 Å². The molecule has 1 aliphatic heterocycles. The summed E-state index contributed by atoms with van der Waals surface area (Å²) in [5.41, 5.74) is 0. The Morgan fingerprint density at radius 3 is 2.93 bits per heavy atom. The van der Waals surface area contributed by atoms with Gasteiger partial charge in [0.05, 0.1) is 31.9 Å². The highest BCUT2D eigenvalue weighted by atomic mass is 16.5. The lowest BCUT2D eigenvalue weighted by Gasteiger charge is -2.37. The van der Waals surface area contributed by atoms with E-state index in [0.29, 0.717) is 19.2 Å². The Kier molecular flexibility index (Phi) is 3.11. The normalized spacial score (nSPS) is 31.5. The van der Waals surface area contributed by atoms with Crippen molar-refractivity contribution in [1.29, 1.82) is 0 Å². The van der Waals surface area contributed by atoms with Gasteiger partial charge in [-0.3, -0.25) is 0 Å². The van der Waals surface area contributed by atoms with Crippen molar-refractivity contribution in [1.82, 2.24) is 10.2 Å². The summed E-state index contributed by atoms with van der Waals surface area (Å²) in [6.45, 7) is 2.92. The lowest BCUT2D eigenvalue weighted by molar-refractivity contribution is -0.0628. The van der Waals surface area contributed by atoms with E-state index in [1.165, 1.54) is 0 Å². The average Bonchev–Trinajstić information content (AvgIpc) is 3.02. The number of carbonyl (C=O) groups is 1. The van der Waals surface area contributed by atoms with E-state index in [1.54, 1.807) is 4.90 Å². The topological polar surface area (TPSA) is 61.8 Å². The van der Waals surface area contributed by atoms with E-state index in [-0.39, 0.29) is 24.8 Å². The molecule has 2 rings (SSSR count). The van der Waals surface area contributed by atoms with E-state index in [4.69, 9.17) is 9.84 Å². The van der Waals surface area contributed by atoms with Gasteiger partial charge in [-0.15, -0.1) is 0 Å². The number of aliphatic hydroxyl groups is 1. The second kappa shape index (κ2) is 4.37. The van der Waals surface area contributed by atoms with Gasteiger partial charge < -0.3 is 20.1 Å². The van der Waals surface area contributed by atoms with E-state index >= 15 is 0 Å². The van der Waals surface area contributed by atoms with Gasteiger partial charge in [-0.05, 0) is 19.8 Å². The summed E-state index contributed by atoms with van der Waals surface area (Å²) < 4.78 is 5.37. The zero-order chi connectivity index (χ0) is 10.8. The molecular weight excluding hydrogens is 196 g/mol. The van der Waals surface area contributed by atoms with Gasteiger partial charge in [-0.1, -0.05) is 0 Å². The molecule has 1 heterocycles. The molecule has 2 aliphatic rings. The van der Waals surface area contributed by atoms with Crippen molar-refractivity contribution in [2.24, 2.45) is 0 Å². The fourth-order valence-corrected chi connectivity index (χ4v) is 1.70. The van der Waals surface area contributed by atoms with Crippen LogP contribution in [-0.4, -0.2) is 54.0 Å². The minimum absolute atomic E-state index is 0.0215. The van der Waals surface area contributed by atoms with Gasteiger partial charge in [0.2, 0.25) is 0 Å². The number of nitrogens with zero attached hydrogens (tertiary/aromatic N) is 1. The van der Waals surface area contributed by atoms with Gasteiger partial charge in [0.1, 0.15) is 0 Å². The number of rotatable bonds is 2. The standard InChI is InChI=1S/C10H18N2O3/c1-7-6-15-9(5-13)4-12(7)10(14)11-8-2-3-8/h7-9,13H,2-6H2,1H3,(H,11,14). The zero-order valence-corrected chi connectivity index (χ0v) is 8.98. The fourth-order valence-electron chi connectivity index (χ4n) is 1.70. The predicted molar refractivity (Wildman–Crippen MR) is 54.5 cm³/mol. The monoisotopic (exact) mass is 214 g/mol. The molecule has 5 nitrogen and oxygen atoms in total. The van der Waals surface area contributed by atoms with Crippen LogP contribution in [-0.2, 0) is 4.74 Å². The molecule has 0 spiro atoms. The minimum Gasteiger partial charge on any atom is -0.394 e. The average molecular weight is 214 g/mol. The maximum atomic E-state index is 11.8. The van der Waals surface area contributed by atoms with Crippen LogP contribution < -0.4 is 5.32 Å². The first-order valence-corrected chi connectivity index (χ1v) is 5.50. The number of morpholine rings is 1. The number of carbonyl (C=O) groups excluding carboxylic acids is 1. The molecule has 1 aliphatic carbocycles. The number of amides is 2. The number of ether oxygens (including phenoxy) is 1. The molecule has 15 heavy (non-hydrogen) atoms. The first kappa shape index (κ1) is 10.7. The molecule has 1 saturated carbocycles. The maximum Gasteiger partial charge on any atom is 0.318 e. The van der Waals surface area contributed by atoms with Crippen molar-refractivity contribution < 1.29 is 14.6 Å². The molecular formula is C10H18N2O3. The molecule has 2 unspecified atom stereocenters. The van der Waals surface area contributed by atoms with Crippen LogP contribution in [0.5, 0.6) is 0 Å². The first-order valence-electron chi connectivity index (χ1n) is 5.50. The molecule has 5 heteroatoms. The minimum atomic E-state index is -0.230. The van der Waals surface area contributed by atoms with Crippen LogP contribution in [0.4, 0.5) is 4.79 Å². The number of urea groups is 1. The summed E-state index contributed by atoms with van der Waals surface area (Å²) in [5.74, 6) is 0. The Morgan fingerprint density at radius 1 is 1.60 bits per heavy atom. The Hall–Kier alpha value is -0.810. The fraction of sp³-hybridized carbons (Fsp3) is 0.900. The molecule has 0 aromatic rings. The maximum absolute atomic E-state index is 11.8. The van der Waals surface area contributed by atoms with Crippen LogP contribution in [0.25, 0.3) is 0 Å². The molecule has 0 aromatic carbocycles. The molecule has 0 radical (unpaired) electrons. The van der Waals surface area contributed by atoms with Crippen molar-refractivity contribution in [2.45, 2.75) is 38.0 Å². The third-order valence-corrected chi connectivity index (χ3v) is 2.87. The number of nitrogens with one attached hydrogen (secondary N) is 1. The van der Waals surface area contributed by atoms with E-state index in [2.05, 4.69) is 5.32 Å². The van der Waals surface area contributed by atoms with E-state index in [1.807, 2.05) is 6.92 Å². The van der Waals surface area contributed by atoms with Gasteiger partial charge in [0, 0.05) is 6.04 Å². The molecule has 0 aromatic heterocycles. The van der Waals surface area contributed by atoms with Gasteiger partial charge in [0.25, 0.3) is 0 Å². The van der Waals surface area contributed by atoms with Gasteiger partial charge in [-0.25, -0.2) is 4.79 Å². The third kappa shape index (κ3) is 2.60. The predicted octanol–water partition coefficient (Wildman–Crippen LogP) is -0.0600. The van der Waals surface area contributed by atoms with Crippen molar-refractivity contribution >= 4 is 6.03 Å². The second-order valence-electron chi connectivity index (χ2n) is 4.36. The Labute approximate surface area is 89.4 Å². The number of hydrogen-bond acceptors (Lipinski definition) is 3. The van der Waals surface area contributed by atoms with Gasteiger partial charge in [-0.2, -0.15) is 0 Å². The molecule has 2 atom stereocenters. The van der Waals surface area contributed by atoms with Crippen LogP contribution in [0.2, 0.25) is 0 Å². The lowest BCUT2D eigenvalue weighted by Crippen LogP contribution is -2.55. The Balaban J connectivity index is 1.88. The summed E-state index contributed by atoms with van der Waals surface area (Å²) in [7, 11) is 0. The quantitative estimate of drug-likeness (QED) is 0.677. The van der Waals surface area contributed by atoms with E-state index in [0.717, 1.165) is 12.8 Å². The molecule has 1 saturated heterocycles. The van der Waals surface area contributed by atoms with Crippen molar-refractivity contribution in [3.8, 4) is 0 Å². The summed E-state index contributed by atoms with van der Waals surface area (Å²) >= 11 is 0. The van der Waals surface area contributed by atoms with Crippen LogP contribution in [0.15, 0.2) is 0 Å². The van der Waals surface area contributed by atoms with Gasteiger partial charge in [0.15, 0.2) is 0 Å². The Bertz CT molecular complexity index is 243. The highest BCUT2D eigenvalue weighted by Gasteiger charge is 2.32. The highest BCUT2D eigenvalue weighted by Crippen LogP contribution is 2.20. The molecule has 2 amide bonds. The summed E-state index contributed by atoms with van der Waals surface area (Å²) in [4.78, 5) is 13.6. The summed E-state index contributed by atoms with van der Waals surface area (Å²) in [6.07, 6.45) is 1.95. The second-order valence-corrected chi connectivity index (χ2v) is 4.36. The van der Waals surface area contributed by atoms with E-state index < -0.39 is 0 Å². The summed E-state index contributed by atoms with van der Waals surface area (Å²) in [5, 5.41) is 11.9.